The third-order valence-corrected chi connectivity index (χ3v) is 2.63. The van der Waals surface area contributed by atoms with Crippen LogP contribution in [0.25, 0.3) is 0 Å². The van der Waals surface area contributed by atoms with E-state index in [-0.39, 0.29) is 12.2 Å². The molecule has 2 atom stereocenters. The van der Waals surface area contributed by atoms with Crippen LogP contribution in [0.1, 0.15) is 20.3 Å². The molecule has 0 aliphatic carbocycles. The number of hydrogen-bond acceptors (Lipinski definition) is 3. The Hall–Kier alpha value is 0.610. The first-order valence-electron chi connectivity index (χ1n) is 4.49. The summed E-state index contributed by atoms with van der Waals surface area (Å²) in [5.41, 5.74) is 0. The van der Waals surface area contributed by atoms with E-state index < -0.39 is 5.79 Å². The Kier molecular flexibility index (Phi) is 4.41. The van der Waals surface area contributed by atoms with E-state index in [4.69, 9.17) is 14.2 Å². The Bertz CT molecular complexity index is 145. The molecule has 0 N–H and O–H groups in total. The summed E-state index contributed by atoms with van der Waals surface area (Å²) >= 11 is 2.35. The summed E-state index contributed by atoms with van der Waals surface area (Å²) in [5.74, 6) is -0.445. The van der Waals surface area contributed by atoms with Crippen molar-refractivity contribution in [2.24, 2.45) is 0 Å². The van der Waals surface area contributed by atoms with Crippen LogP contribution < -0.4 is 0 Å². The minimum absolute atomic E-state index is 0.0924. The summed E-state index contributed by atoms with van der Waals surface area (Å²) in [6, 6.07) is 0. The summed E-state index contributed by atoms with van der Waals surface area (Å²) < 4.78 is 17.6. The van der Waals surface area contributed by atoms with Crippen molar-refractivity contribution in [2.75, 3.05) is 18.1 Å². The van der Waals surface area contributed by atoms with Crippen LogP contribution in [0.5, 0.6) is 0 Å². The summed E-state index contributed by atoms with van der Waals surface area (Å²) in [4.78, 5) is 0. The average Bonchev–Trinajstić information content (AvgIpc) is 2.28. The molecular formula is C9H17IO3. The van der Waals surface area contributed by atoms with Crippen molar-refractivity contribution in [1.29, 1.82) is 0 Å². The van der Waals surface area contributed by atoms with E-state index in [1.807, 2.05) is 13.8 Å². The monoisotopic (exact) mass is 300 g/mol. The molecule has 1 heterocycles. The highest BCUT2D eigenvalue weighted by molar-refractivity contribution is 14.1. The van der Waals surface area contributed by atoms with E-state index in [0.717, 1.165) is 10.8 Å². The van der Waals surface area contributed by atoms with Gasteiger partial charge in [-0.05, 0) is 20.3 Å². The van der Waals surface area contributed by atoms with Gasteiger partial charge in [-0.25, -0.2) is 0 Å². The van der Waals surface area contributed by atoms with Crippen LogP contribution in [-0.4, -0.2) is 36.1 Å². The summed E-state index contributed by atoms with van der Waals surface area (Å²) in [6.07, 6.45) is 1.31. The molecule has 0 spiro atoms. The van der Waals surface area contributed by atoms with E-state index in [1.165, 1.54) is 0 Å². The van der Waals surface area contributed by atoms with Crippen LogP contribution in [0.2, 0.25) is 0 Å². The fourth-order valence-corrected chi connectivity index (χ4v) is 2.18. The van der Waals surface area contributed by atoms with Gasteiger partial charge in [0.1, 0.15) is 6.10 Å². The Morgan fingerprint density at radius 3 is 2.46 bits per heavy atom. The highest BCUT2D eigenvalue weighted by Crippen LogP contribution is 2.30. The minimum Gasteiger partial charge on any atom is -0.382 e. The van der Waals surface area contributed by atoms with Crippen molar-refractivity contribution in [3.8, 4) is 0 Å². The van der Waals surface area contributed by atoms with Gasteiger partial charge in [-0.3, -0.25) is 0 Å². The molecule has 0 amide bonds. The first-order valence-corrected chi connectivity index (χ1v) is 6.02. The zero-order valence-corrected chi connectivity index (χ0v) is 10.5. The van der Waals surface area contributed by atoms with Crippen molar-refractivity contribution < 1.29 is 14.2 Å². The normalized spacial score (nSPS) is 32.3. The molecule has 0 radical (unpaired) electrons. The second kappa shape index (κ2) is 4.91. The molecule has 0 unspecified atom stereocenters. The van der Waals surface area contributed by atoms with Crippen molar-refractivity contribution >= 4 is 22.6 Å². The molecule has 0 aromatic heterocycles. The van der Waals surface area contributed by atoms with Crippen LogP contribution in [0.3, 0.4) is 0 Å². The van der Waals surface area contributed by atoms with Gasteiger partial charge in [0.15, 0.2) is 5.79 Å². The molecule has 1 saturated heterocycles. The summed E-state index contributed by atoms with van der Waals surface area (Å²) in [6.45, 7) is 4.51. The van der Waals surface area contributed by atoms with Gasteiger partial charge in [0, 0.05) is 11.5 Å². The largest absolute Gasteiger partial charge is 0.382 e. The molecule has 0 aromatic carbocycles. The van der Waals surface area contributed by atoms with Gasteiger partial charge in [-0.15, -0.1) is 0 Å². The number of alkyl halides is 1. The summed E-state index contributed by atoms with van der Waals surface area (Å²) in [5, 5.41) is 0. The average molecular weight is 300 g/mol. The molecule has 13 heavy (non-hydrogen) atoms. The fourth-order valence-electron chi connectivity index (χ4n) is 1.57. The second-order valence-electron chi connectivity index (χ2n) is 3.65. The highest BCUT2D eigenvalue weighted by Gasteiger charge is 2.40. The van der Waals surface area contributed by atoms with Crippen LogP contribution in [-0.2, 0) is 14.2 Å². The van der Waals surface area contributed by atoms with E-state index in [2.05, 4.69) is 22.6 Å². The lowest BCUT2D eigenvalue weighted by Crippen LogP contribution is -2.27. The van der Waals surface area contributed by atoms with Crippen molar-refractivity contribution in [3.05, 3.63) is 0 Å². The summed E-state index contributed by atoms with van der Waals surface area (Å²) in [7, 11) is 1.69. The predicted molar refractivity (Wildman–Crippen MR) is 59.2 cm³/mol. The minimum atomic E-state index is -0.445. The molecule has 1 aliphatic rings. The van der Waals surface area contributed by atoms with Gasteiger partial charge in [-0.1, -0.05) is 22.6 Å². The molecular weight excluding hydrogens is 283 g/mol. The van der Waals surface area contributed by atoms with Crippen molar-refractivity contribution in [3.63, 3.8) is 0 Å². The van der Waals surface area contributed by atoms with E-state index in [1.54, 1.807) is 7.11 Å². The molecule has 3 nitrogen and oxygen atoms in total. The maximum atomic E-state index is 5.75. The third-order valence-electron chi connectivity index (χ3n) is 2.01. The van der Waals surface area contributed by atoms with Crippen LogP contribution in [0.15, 0.2) is 0 Å². The maximum Gasteiger partial charge on any atom is 0.163 e. The van der Waals surface area contributed by atoms with Gasteiger partial charge in [0.25, 0.3) is 0 Å². The van der Waals surface area contributed by atoms with Crippen LogP contribution in [0, 0.1) is 0 Å². The lowest BCUT2D eigenvalue weighted by molar-refractivity contribution is -0.149. The standard InChI is InChI=1S/C9H17IO3/c1-9(2)12-7(4-5-10)8(13-9)6-11-3/h7-8H,4-6H2,1-3H3/t7-,8+/m0/s1. The SMILES string of the molecule is COC[C@H]1OC(C)(C)O[C@H]1CCI. The van der Waals surface area contributed by atoms with Crippen LogP contribution >= 0.6 is 22.6 Å². The van der Waals surface area contributed by atoms with Crippen LogP contribution in [0.4, 0.5) is 0 Å². The number of methoxy groups -OCH3 is 1. The lowest BCUT2D eigenvalue weighted by Gasteiger charge is -2.16. The van der Waals surface area contributed by atoms with Crippen molar-refractivity contribution in [1.82, 2.24) is 0 Å². The van der Waals surface area contributed by atoms with Gasteiger partial charge < -0.3 is 14.2 Å². The number of hydrogen-bond donors (Lipinski definition) is 0. The Morgan fingerprint density at radius 1 is 1.31 bits per heavy atom. The lowest BCUT2D eigenvalue weighted by atomic mass is 10.2. The molecule has 1 rings (SSSR count). The molecule has 1 fully saturated rings. The maximum absolute atomic E-state index is 5.75. The van der Waals surface area contributed by atoms with Gasteiger partial charge in [0.05, 0.1) is 12.7 Å². The first kappa shape index (κ1) is 11.7. The Morgan fingerprint density at radius 2 is 1.92 bits per heavy atom. The second-order valence-corrected chi connectivity index (χ2v) is 4.72. The zero-order valence-electron chi connectivity index (χ0n) is 8.38. The smallest absolute Gasteiger partial charge is 0.163 e. The van der Waals surface area contributed by atoms with E-state index in [9.17, 15) is 0 Å². The van der Waals surface area contributed by atoms with Gasteiger partial charge >= 0.3 is 0 Å². The topological polar surface area (TPSA) is 27.7 Å². The first-order chi connectivity index (χ1) is 6.09. The molecule has 0 saturated carbocycles. The molecule has 0 aromatic rings. The molecule has 78 valence electrons. The van der Waals surface area contributed by atoms with E-state index in [0.29, 0.717) is 6.61 Å². The van der Waals surface area contributed by atoms with E-state index >= 15 is 0 Å². The number of halogens is 1. The fraction of sp³-hybridized carbons (Fsp3) is 1.00. The van der Waals surface area contributed by atoms with Gasteiger partial charge in [0.2, 0.25) is 0 Å². The third kappa shape index (κ3) is 3.34. The highest BCUT2D eigenvalue weighted by atomic mass is 127. The van der Waals surface area contributed by atoms with Crippen molar-refractivity contribution in [2.45, 2.75) is 38.3 Å². The number of rotatable bonds is 4. The number of ether oxygens (including phenoxy) is 3. The Labute approximate surface area is 93.3 Å². The quantitative estimate of drug-likeness (QED) is 0.587. The predicted octanol–water partition coefficient (Wildman–Crippen LogP) is 1.98. The molecule has 0 bridgehead atoms. The Balaban J connectivity index is 2.49. The zero-order chi connectivity index (χ0) is 9.90. The molecule has 4 heteroatoms. The van der Waals surface area contributed by atoms with Gasteiger partial charge in [-0.2, -0.15) is 0 Å². The molecule has 1 aliphatic heterocycles.